The standard InChI is InChI=1S/C14H2F6N2/c15-9-5(1-3-21)11(17)13(19)8-7(9)14(20)12(18)6(2-4-22)10(8)16/h1-2H. The van der Waals surface area contributed by atoms with E-state index >= 15 is 0 Å². The molecule has 0 atom stereocenters. The van der Waals surface area contributed by atoms with Crippen LogP contribution in [0.2, 0.25) is 0 Å². The first-order chi connectivity index (χ1) is 10.4. The lowest BCUT2D eigenvalue weighted by Gasteiger charge is -2.08. The van der Waals surface area contributed by atoms with E-state index in [1.165, 1.54) is 12.1 Å². The van der Waals surface area contributed by atoms with Crippen LogP contribution in [0.5, 0.6) is 0 Å². The van der Waals surface area contributed by atoms with Gasteiger partial charge in [0.05, 0.1) is 33.3 Å². The zero-order valence-corrected chi connectivity index (χ0v) is 10.3. The molecule has 0 heterocycles. The highest BCUT2D eigenvalue weighted by atomic mass is 19.2. The van der Waals surface area contributed by atoms with Crippen LogP contribution in [0.25, 0.3) is 22.9 Å². The number of nitrogens with zero attached hydrogens (tertiary/aromatic N) is 2. The van der Waals surface area contributed by atoms with Crippen molar-refractivity contribution in [2.75, 3.05) is 0 Å². The van der Waals surface area contributed by atoms with Crippen molar-refractivity contribution in [3.63, 3.8) is 0 Å². The molecule has 0 aromatic heterocycles. The Morgan fingerprint density at radius 2 is 0.864 bits per heavy atom. The summed E-state index contributed by atoms with van der Waals surface area (Å²) in [6.07, 6.45) is 0.468. The van der Waals surface area contributed by atoms with Gasteiger partial charge in [-0.15, -0.1) is 0 Å². The van der Waals surface area contributed by atoms with Gasteiger partial charge in [0.2, 0.25) is 0 Å². The second-order valence-corrected chi connectivity index (χ2v) is 4.01. The minimum absolute atomic E-state index is 0.234. The first kappa shape index (κ1) is 15.4. The fraction of sp³-hybridized carbons (Fsp3) is 0. The van der Waals surface area contributed by atoms with Gasteiger partial charge in [0, 0.05) is 12.2 Å². The van der Waals surface area contributed by atoms with Crippen LogP contribution in [-0.4, -0.2) is 0 Å². The molecule has 0 fully saturated rings. The highest BCUT2D eigenvalue weighted by Gasteiger charge is 2.26. The number of nitriles is 2. The molecule has 2 aromatic carbocycles. The predicted octanol–water partition coefficient (Wildman–Crippen LogP) is 2.28. The molecule has 2 rings (SSSR count). The van der Waals surface area contributed by atoms with Crippen molar-refractivity contribution in [1.82, 2.24) is 0 Å². The van der Waals surface area contributed by atoms with Crippen molar-refractivity contribution in [3.05, 3.63) is 45.3 Å². The van der Waals surface area contributed by atoms with E-state index in [-0.39, 0.29) is 12.2 Å². The fourth-order valence-corrected chi connectivity index (χ4v) is 1.93. The Morgan fingerprint density at radius 1 is 0.545 bits per heavy atom. The second kappa shape index (κ2) is 5.41. The summed E-state index contributed by atoms with van der Waals surface area (Å²) in [6, 6.07) is 2.41. The van der Waals surface area contributed by atoms with Crippen LogP contribution in [0, 0.1) is 57.6 Å². The number of rotatable bonds is 0. The molecular formula is C14H2F6N2. The highest BCUT2D eigenvalue weighted by molar-refractivity contribution is 5.86. The summed E-state index contributed by atoms with van der Waals surface area (Å²) < 4.78 is 83.0. The number of benzene rings is 2. The lowest BCUT2D eigenvalue weighted by Crippen LogP contribution is -2.22. The number of fused-ring (bicyclic) bond motifs is 1. The van der Waals surface area contributed by atoms with Crippen molar-refractivity contribution >= 4 is 22.9 Å². The largest absolute Gasteiger partial charge is 0.205 e. The van der Waals surface area contributed by atoms with Crippen LogP contribution >= 0.6 is 0 Å². The van der Waals surface area contributed by atoms with Gasteiger partial charge in [0.15, 0.2) is 23.3 Å². The second-order valence-electron chi connectivity index (χ2n) is 4.01. The number of halogens is 6. The molecule has 0 unspecified atom stereocenters. The molecule has 2 nitrogen and oxygen atoms in total. The summed E-state index contributed by atoms with van der Waals surface area (Å²) in [6.45, 7) is 0. The van der Waals surface area contributed by atoms with E-state index in [9.17, 15) is 26.3 Å². The third-order valence-corrected chi connectivity index (χ3v) is 2.88. The minimum Gasteiger partial charge on any atom is -0.205 e. The Labute approximate surface area is 118 Å². The Balaban J connectivity index is 3.33. The van der Waals surface area contributed by atoms with Crippen LogP contribution in [-0.2, 0) is 0 Å². The van der Waals surface area contributed by atoms with Gasteiger partial charge in [-0.05, 0) is 0 Å². The molecule has 0 bridgehead atoms. The van der Waals surface area contributed by atoms with Gasteiger partial charge < -0.3 is 0 Å². The molecule has 0 amide bonds. The number of hydrogen-bond donors (Lipinski definition) is 0. The van der Waals surface area contributed by atoms with E-state index in [2.05, 4.69) is 0 Å². The van der Waals surface area contributed by atoms with Gasteiger partial charge in [-0.3, -0.25) is 0 Å². The smallest absolute Gasteiger partial charge is 0.170 e. The third-order valence-electron chi connectivity index (χ3n) is 2.88. The molecule has 0 saturated heterocycles. The zero-order valence-electron chi connectivity index (χ0n) is 10.3. The average Bonchev–Trinajstić information content (AvgIpc) is 2.49. The van der Waals surface area contributed by atoms with E-state index in [1.54, 1.807) is 0 Å². The first-order valence-electron chi connectivity index (χ1n) is 5.49. The maximum absolute atomic E-state index is 14.0. The topological polar surface area (TPSA) is 47.6 Å². The lowest BCUT2D eigenvalue weighted by molar-refractivity contribution is 0.471. The molecule has 0 saturated carbocycles. The Morgan fingerprint density at radius 3 is 1.14 bits per heavy atom. The molecule has 2 aromatic rings. The van der Waals surface area contributed by atoms with E-state index in [0.717, 1.165) is 0 Å². The van der Waals surface area contributed by atoms with Crippen LogP contribution < -0.4 is 10.4 Å². The SMILES string of the molecule is N#CC=c1c(F)c(F)c2c(F)c(=CC#N)c(F)c(F)c2c1F. The third kappa shape index (κ3) is 1.97. The molecule has 0 radical (unpaired) electrons. The first-order valence-corrected chi connectivity index (χ1v) is 5.49. The normalized spacial score (nSPS) is 12.5. The maximum Gasteiger partial charge on any atom is 0.170 e. The summed E-state index contributed by atoms with van der Waals surface area (Å²) in [7, 11) is 0. The molecular weight excluding hydrogens is 310 g/mol. The van der Waals surface area contributed by atoms with E-state index in [4.69, 9.17) is 10.5 Å². The van der Waals surface area contributed by atoms with Gasteiger partial charge in [-0.2, -0.15) is 10.5 Å². The van der Waals surface area contributed by atoms with Crippen LogP contribution in [0.1, 0.15) is 0 Å². The molecule has 0 N–H and O–H groups in total. The van der Waals surface area contributed by atoms with E-state index < -0.39 is 56.1 Å². The predicted molar refractivity (Wildman–Crippen MR) is 63.1 cm³/mol. The molecule has 110 valence electrons. The summed E-state index contributed by atoms with van der Waals surface area (Å²) in [5.74, 6) is -11.5. The van der Waals surface area contributed by atoms with Crippen LogP contribution in [0.3, 0.4) is 0 Å². The Kier molecular flexibility index (Phi) is 3.79. The van der Waals surface area contributed by atoms with Crippen LogP contribution in [0.15, 0.2) is 0 Å². The van der Waals surface area contributed by atoms with Crippen molar-refractivity contribution in [2.45, 2.75) is 0 Å². The lowest BCUT2D eigenvalue weighted by atomic mass is 10.0. The Hall–Kier alpha value is -3.00. The Bertz CT molecular complexity index is 928. The summed E-state index contributed by atoms with van der Waals surface area (Å²) in [4.78, 5) is 0. The average molecular weight is 312 g/mol. The van der Waals surface area contributed by atoms with Crippen molar-refractivity contribution in [1.29, 1.82) is 10.5 Å². The maximum atomic E-state index is 14.0. The highest BCUT2D eigenvalue weighted by Crippen LogP contribution is 2.25. The molecule has 0 spiro atoms. The summed E-state index contributed by atoms with van der Waals surface area (Å²) in [5, 5.41) is 11.3. The minimum atomic E-state index is -2.00. The summed E-state index contributed by atoms with van der Waals surface area (Å²) >= 11 is 0. The van der Waals surface area contributed by atoms with Gasteiger partial charge in [0.1, 0.15) is 11.6 Å². The zero-order chi connectivity index (χ0) is 16.6. The van der Waals surface area contributed by atoms with E-state index in [1.807, 2.05) is 0 Å². The molecule has 0 aliphatic heterocycles. The molecule has 0 aliphatic carbocycles. The number of hydrogen-bond acceptors (Lipinski definition) is 2. The monoisotopic (exact) mass is 312 g/mol. The van der Waals surface area contributed by atoms with Gasteiger partial charge in [0.25, 0.3) is 0 Å². The van der Waals surface area contributed by atoms with Crippen molar-refractivity contribution < 1.29 is 26.3 Å². The molecule has 22 heavy (non-hydrogen) atoms. The molecule has 8 heteroatoms. The van der Waals surface area contributed by atoms with Gasteiger partial charge in [-0.1, -0.05) is 0 Å². The quantitative estimate of drug-likeness (QED) is 0.553. The molecule has 0 aliphatic rings. The van der Waals surface area contributed by atoms with Crippen molar-refractivity contribution in [2.24, 2.45) is 0 Å². The van der Waals surface area contributed by atoms with Gasteiger partial charge >= 0.3 is 0 Å². The van der Waals surface area contributed by atoms with E-state index in [0.29, 0.717) is 0 Å². The van der Waals surface area contributed by atoms with Crippen molar-refractivity contribution in [3.8, 4) is 12.1 Å². The fourth-order valence-electron chi connectivity index (χ4n) is 1.93. The van der Waals surface area contributed by atoms with Gasteiger partial charge in [-0.25, -0.2) is 26.3 Å². The summed E-state index contributed by atoms with van der Waals surface area (Å²) in [5.41, 5.74) is 0. The van der Waals surface area contributed by atoms with Crippen LogP contribution in [0.4, 0.5) is 26.3 Å².